The van der Waals surface area contributed by atoms with Crippen LogP contribution in [0.5, 0.6) is 0 Å². The molecule has 0 bridgehead atoms. The van der Waals surface area contributed by atoms with Gasteiger partial charge in [-0.05, 0) is 19.8 Å². The molecule has 16 heavy (non-hydrogen) atoms. The molecular weight excluding hydrogens is 212 g/mol. The van der Waals surface area contributed by atoms with Crippen molar-refractivity contribution in [1.29, 1.82) is 0 Å². The van der Waals surface area contributed by atoms with Gasteiger partial charge in [-0.25, -0.2) is 19.4 Å². The number of aliphatic hydroxyl groups is 1. The van der Waals surface area contributed by atoms with Crippen LogP contribution in [-0.2, 0) is 19.4 Å². The molecule has 94 valence electrons. The van der Waals surface area contributed by atoms with Crippen molar-refractivity contribution in [3.05, 3.63) is 0 Å². The molecule has 1 N–H and O–H groups in total. The number of carbonyl (C=O) groups excluding carboxylic acids is 2. The van der Waals surface area contributed by atoms with Gasteiger partial charge in [-0.1, -0.05) is 26.7 Å². The smallest absolute Gasteiger partial charge is 0.382 e. The van der Waals surface area contributed by atoms with E-state index in [1.807, 2.05) is 13.8 Å². The van der Waals surface area contributed by atoms with E-state index in [1.54, 1.807) is 0 Å². The average molecular weight is 232 g/mol. The Morgan fingerprint density at radius 3 is 2.19 bits per heavy atom. The second-order valence-electron chi connectivity index (χ2n) is 3.73. The molecule has 2 unspecified atom stereocenters. The van der Waals surface area contributed by atoms with Crippen molar-refractivity contribution >= 4 is 11.9 Å². The summed E-state index contributed by atoms with van der Waals surface area (Å²) in [5.74, 6) is -1.76. The summed E-state index contributed by atoms with van der Waals surface area (Å²) in [4.78, 5) is 30.8. The van der Waals surface area contributed by atoms with E-state index in [2.05, 4.69) is 9.78 Å². The molecule has 0 aromatic carbocycles. The molecule has 0 aromatic heterocycles. The maximum absolute atomic E-state index is 11.4. The Balaban J connectivity index is 3.97. The van der Waals surface area contributed by atoms with Crippen LogP contribution >= 0.6 is 0 Å². The Hall–Kier alpha value is -1.10. The second-order valence-corrected chi connectivity index (χ2v) is 3.73. The quantitative estimate of drug-likeness (QED) is 0.556. The first-order valence-corrected chi connectivity index (χ1v) is 5.63. The zero-order valence-electron chi connectivity index (χ0n) is 10.1. The summed E-state index contributed by atoms with van der Waals surface area (Å²) >= 11 is 0. The molecule has 0 aliphatic heterocycles. The summed E-state index contributed by atoms with van der Waals surface area (Å²) in [7, 11) is 0. The monoisotopic (exact) mass is 232 g/mol. The molecule has 0 aliphatic carbocycles. The molecule has 0 spiro atoms. The molecule has 2 atom stereocenters. The van der Waals surface area contributed by atoms with Crippen molar-refractivity contribution in [1.82, 2.24) is 0 Å². The van der Waals surface area contributed by atoms with Crippen molar-refractivity contribution in [2.24, 2.45) is 5.92 Å². The van der Waals surface area contributed by atoms with Crippen molar-refractivity contribution in [3.8, 4) is 0 Å². The number of hydrogen-bond acceptors (Lipinski definition) is 5. The maximum atomic E-state index is 11.4. The average Bonchev–Trinajstić information content (AvgIpc) is 2.26. The SMILES string of the molecule is CCCCC(CC)C(=O)OOC(=O)C(C)O. The Morgan fingerprint density at radius 2 is 1.75 bits per heavy atom. The van der Waals surface area contributed by atoms with Crippen LogP contribution < -0.4 is 0 Å². The molecule has 0 aliphatic rings. The summed E-state index contributed by atoms with van der Waals surface area (Å²) in [6.07, 6.45) is 2.00. The topological polar surface area (TPSA) is 72.8 Å². The van der Waals surface area contributed by atoms with Crippen LogP contribution in [-0.4, -0.2) is 23.1 Å². The van der Waals surface area contributed by atoms with Crippen molar-refractivity contribution < 1.29 is 24.5 Å². The van der Waals surface area contributed by atoms with Gasteiger partial charge in [0.05, 0.1) is 5.92 Å². The van der Waals surface area contributed by atoms with Crippen LogP contribution in [0.4, 0.5) is 0 Å². The minimum absolute atomic E-state index is 0.248. The van der Waals surface area contributed by atoms with E-state index in [0.29, 0.717) is 6.42 Å². The second kappa shape index (κ2) is 8.10. The van der Waals surface area contributed by atoms with Gasteiger partial charge in [0.15, 0.2) is 6.10 Å². The molecule has 0 fully saturated rings. The van der Waals surface area contributed by atoms with E-state index < -0.39 is 18.0 Å². The maximum Gasteiger partial charge on any atom is 0.383 e. The Bertz CT molecular complexity index is 224. The highest BCUT2D eigenvalue weighted by atomic mass is 17.2. The zero-order chi connectivity index (χ0) is 12.6. The third-order valence-electron chi connectivity index (χ3n) is 2.28. The fraction of sp³-hybridized carbons (Fsp3) is 0.818. The van der Waals surface area contributed by atoms with Gasteiger partial charge in [0.1, 0.15) is 0 Å². The van der Waals surface area contributed by atoms with Gasteiger partial charge in [0, 0.05) is 0 Å². The van der Waals surface area contributed by atoms with Gasteiger partial charge >= 0.3 is 11.9 Å². The largest absolute Gasteiger partial charge is 0.383 e. The summed E-state index contributed by atoms with van der Waals surface area (Å²) in [6.45, 7) is 5.15. The number of carbonyl (C=O) groups is 2. The van der Waals surface area contributed by atoms with Crippen molar-refractivity contribution in [2.75, 3.05) is 0 Å². The summed E-state index contributed by atoms with van der Waals surface area (Å²) in [5.41, 5.74) is 0. The van der Waals surface area contributed by atoms with Gasteiger partial charge in [0.2, 0.25) is 0 Å². The minimum Gasteiger partial charge on any atom is -0.382 e. The van der Waals surface area contributed by atoms with E-state index in [0.717, 1.165) is 19.3 Å². The standard InChI is InChI=1S/C11H20O5/c1-4-6-7-9(5-2)11(14)16-15-10(13)8(3)12/h8-9,12H,4-7H2,1-3H3. The summed E-state index contributed by atoms with van der Waals surface area (Å²) < 4.78 is 0. The third-order valence-corrected chi connectivity index (χ3v) is 2.28. The normalized spacial score (nSPS) is 14.0. The Kier molecular flexibility index (Phi) is 7.54. The molecule has 0 heterocycles. The van der Waals surface area contributed by atoms with E-state index in [1.165, 1.54) is 6.92 Å². The molecule has 5 nitrogen and oxygen atoms in total. The number of hydrogen-bond donors (Lipinski definition) is 1. The molecule has 0 aromatic rings. The predicted octanol–water partition coefficient (Wildman–Crippen LogP) is 1.58. The van der Waals surface area contributed by atoms with E-state index in [-0.39, 0.29) is 5.92 Å². The van der Waals surface area contributed by atoms with Gasteiger partial charge in [-0.3, -0.25) is 0 Å². The lowest BCUT2D eigenvalue weighted by Gasteiger charge is -2.12. The van der Waals surface area contributed by atoms with Gasteiger partial charge < -0.3 is 5.11 Å². The molecule has 0 rings (SSSR count). The summed E-state index contributed by atoms with van der Waals surface area (Å²) in [5, 5.41) is 8.81. The number of unbranched alkanes of at least 4 members (excludes halogenated alkanes) is 1. The lowest BCUT2D eigenvalue weighted by atomic mass is 10.00. The van der Waals surface area contributed by atoms with E-state index >= 15 is 0 Å². The van der Waals surface area contributed by atoms with Crippen LogP contribution in [0, 0.1) is 5.92 Å². The first-order chi connectivity index (χ1) is 7.52. The fourth-order valence-corrected chi connectivity index (χ4v) is 1.16. The van der Waals surface area contributed by atoms with Crippen molar-refractivity contribution in [3.63, 3.8) is 0 Å². The van der Waals surface area contributed by atoms with Gasteiger partial charge in [-0.15, -0.1) is 0 Å². The van der Waals surface area contributed by atoms with Crippen LogP contribution in [0.1, 0.15) is 46.5 Å². The highest BCUT2D eigenvalue weighted by Gasteiger charge is 2.21. The minimum atomic E-state index is -1.29. The first-order valence-electron chi connectivity index (χ1n) is 5.63. The fourth-order valence-electron chi connectivity index (χ4n) is 1.16. The molecule has 0 saturated heterocycles. The molecule has 5 heteroatoms. The molecule has 0 saturated carbocycles. The number of rotatable bonds is 6. The third kappa shape index (κ3) is 5.70. The summed E-state index contributed by atoms with van der Waals surface area (Å²) in [6, 6.07) is 0. The van der Waals surface area contributed by atoms with Crippen LogP contribution in [0.3, 0.4) is 0 Å². The molecule has 0 amide bonds. The van der Waals surface area contributed by atoms with E-state index in [9.17, 15) is 9.59 Å². The molecular formula is C11H20O5. The van der Waals surface area contributed by atoms with Crippen LogP contribution in [0.2, 0.25) is 0 Å². The lowest BCUT2D eigenvalue weighted by molar-refractivity contribution is -0.267. The Morgan fingerprint density at radius 1 is 1.19 bits per heavy atom. The van der Waals surface area contributed by atoms with E-state index in [4.69, 9.17) is 5.11 Å². The highest BCUT2D eigenvalue weighted by Crippen LogP contribution is 2.14. The molecule has 0 radical (unpaired) electrons. The lowest BCUT2D eigenvalue weighted by Crippen LogP contribution is -2.24. The predicted molar refractivity (Wildman–Crippen MR) is 57.2 cm³/mol. The van der Waals surface area contributed by atoms with Gasteiger partial charge in [0.25, 0.3) is 0 Å². The number of aliphatic hydroxyl groups excluding tert-OH is 1. The van der Waals surface area contributed by atoms with Gasteiger partial charge in [-0.2, -0.15) is 0 Å². The Labute approximate surface area is 95.7 Å². The zero-order valence-corrected chi connectivity index (χ0v) is 10.1. The highest BCUT2D eigenvalue weighted by molar-refractivity contribution is 5.76. The van der Waals surface area contributed by atoms with Crippen LogP contribution in [0.15, 0.2) is 0 Å². The van der Waals surface area contributed by atoms with Crippen molar-refractivity contribution in [2.45, 2.75) is 52.6 Å². The first kappa shape index (κ1) is 14.9. The van der Waals surface area contributed by atoms with Crippen LogP contribution in [0.25, 0.3) is 0 Å².